The number of aliphatic hydroxyl groups excluding tert-OH is 1. The summed E-state index contributed by atoms with van der Waals surface area (Å²) in [6.45, 7) is 2.82. The second-order valence-corrected chi connectivity index (χ2v) is 9.23. The van der Waals surface area contributed by atoms with Gasteiger partial charge in [-0.15, -0.1) is 11.3 Å². The van der Waals surface area contributed by atoms with Gasteiger partial charge in [-0.3, -0.25) is 4.79 Å². The van der Waals surface area contributed by atoms with Crippen molar-refractivity contribution >= 4 is 23.2 Å². The highest BCUT2D eigenvalue weighted by Crippen LogP contribution is 2.25. The molecule has 3 rings (SSSR count). The number of nitrogens with zero attached hydrogens (tertiary/aromatic N) is 1. The van der Waals surface area contributed by atoms with Gasteiger partial charge in [0.2, 0.25) is 5.91 Å². The van der Waals surface area contributed by atoms with Gasteiger partial charge in [0.1, 0.15) is 4.88 Å². The highest BCUT2D eigenvalue weighted by atomic mass is 32.1. The number of carbonyl (C=O) groups excluding carboxylic acids is 1. The van der Waals surface area contributed by atoms with Crippen molar-refractivity contribution in [1.82, 2.24) is 4.90 Å². The fourth-order valence-corrected chi connectivity index (χ4v) is 5.01. The van der Waals surface area contributed by atoms with Crippen molar-refractivity contribution in [3.05, 3.63) is 57.3 Å². The molecule has 2 aromatic rings. The number of carboxylic acid groups (broad SMARTS) is 1. The van der Waals surface area contributed by atoms with Crippen LogP contribution < -0.4 is 0 Å². The maximum absolute atomic E-state index is 12.3. The quantitative estimate of drug-likeness (QED) is 0.558. The highest BCUT2D eigenvalue weighted by Gasteiger charge is 2.30. The highest BCUT2D eigenvalue weighted by molar-refractivity contribution is 7.13. The molecule has 1 unspecified atom stereocenters. The van der Waals surface area contributed by atoms with Gasteiger partial charge < -0.3 is 15.1 Å². The van der Waals surface area contributed by atoms with Gasteiger partial charge in [0.15, 0.2) is 0 Å². The number of aromatic carboxylic acids is 1. The Morgan fingerprint density at radius 1 is 1.20 bits per heavy atom. The van der Waals surface area contributed by atoms with Crippen molar-refractivity contribution < 1.29 is 19.8 Å². The summed E-state index contributed by atoms with van der Waals surface area (Å²) in [5.41, 5.74) is 2.45. The van der Waals surface area contributed by atoms with E-state index in [0.29, 0.717) is 30.7 Å². The van der Waals surface area contributed by atoms with E-state index in [-0.39, 0.29) is 11.9 Å². The molecule has 2 heterocycles. The van der Waals surface area contributed by atoms with E-state index in [4.69, 9.17) is 5.11 Å². The van der Waals surface area contributed by atoms with Crippen molar-refractivity contribution in [2.24, 2.45) is 0 Å². The monoisotopic (exact) mass is 429 g/mol. The lowest BCUT2D eigenvalue weighted by atomic mass is 9.99. The summed E-state index contributed by atoms with van der Waals surface area (Å²) in [6.07, 6.45) is 5.84. The number of aliphatic hydroxyl groups is 1. The number of aryl methyl sites for hydroxylation is 2. The van der Waals surface area contributed by atoms with Crippen LogP contribution in [0.1, 0.15) is 64.7 Å². The molecule has 30 heavy (non-hydrogen) atoms. The number of hydrogen-bond donors (Lipinski definition) is 2. The van der Waals surface area contributed by atoms with Crippen molar-refractivity contribution in [1.29, 1.82) is 0 Å². The molecule has 0 aliphatic carbocycles. The normalized spacial score (nSPS) is 17.5. The molecule has 0 radical (unpaired) electrons. The zero-order valence-corrected chi connectivity index (χ0v) is 18.4. The van der Waals surface area contributed by atoms with Gasteiger partial charge in [-0.05, 0) is 68.2 Å². The Morgan fingerprint density at radius 2 is 1.93 bits per heavy atom. The van der Waals surface area contributed by atoms with Crippen LogP contribution in [-0.4, -0.2) is 45.7 Å². The van der Waals surface area contributed by atoms with E-state index < -0.39 is 12.1 Å². The number of benzene rings is 1. The predicted octanol–water partition coefficient (Wildman–Crippen LogP) is 4.32. The first-order chi connectivity index (χ1) is 14.5. The predicted molar refractivity (Wildman–Crippen MR) is 119 cm³/mol. The molecule has 2 atom stereocenters. The van der Waals surface area contributed by atoms with Crippen molar-refractivity contribution in [2.75, 3.05) is 6.54 Å². The number of rotatable bonds is 11. The third kappa shape index (κ3) is 6.16. The first-order valence-corrected chi connectivity index (χ1v) is 11.6. The molecule has 162 valence electrons. The van der Waals surface area contributed by atoms with Gasteiger partial charge in [-0.25, -0.2) is 4.79 Å². The minimum Gasteiger partial charge on any atom is -0.477 e. The van der Waals surface area contributed by atoms with Gasteiger partial charge in [0, 0.05) is 23.9 Å². The van der Waals surface area contributed by atoms with Crippen LogP contribution in [0.2, 0.25) is 0 Å². The van der Waals surface area contributed by atoms with Crippen molar-refractivity contribution in [3.63, 3.8) is 0 Å². The van der Waals surface area contributed by atoms with E-state index in [2.05, 4.69) is 31.2 Å². The fraction of sp³-hybridized carbons (Fsp3) is 0.500. The molecular formula is C24H31NO4S. The maximum Gasteiger partial charge on any atom is 0.345 e. The van der Waals surface area contributed by atoms with E-state index in [9.17, 15) is 14.7 Å². The molecule has 1 fully saturated rings. The van der Waals surface area contributed by atoms with Gasteiger partial charge in [0.05, 0.1) is 6.10 Å². The molecule has 0 spiro atoms. The zero-order chi connectivity index (χ0) is 21.5. The first-order valence-electron chi connectivity index (χ1n) is 10.8. The molecule has 6 heteroatoms. The Kier molecular flexibility index (Phi) is 8.05. The van der Waals surface area contributed by atoms with Crippen LogP contribution in [0.4, 0.5) is 0 Å². The second-order valence-electron chi connectivity index (χ2n) is 8.06. The summed E-state index contributed by atoms with van der Waals surface area (Å²) in [7, 11) is 0. The smallest absolute Gasteiger partial charge is 0.345 e. The number of hydrogen-bond acceptors (Lipinski definition) is 4. The standard InChI is InChI=1S/C24H31NO4S/c1-2-17-5-7-18(8-6-17)16-20(26)11-9-19-10-14-23(27)25(19)15-3-4-21-12-13-22(30-21)24(28)29/h5-8,12-13,19-20,26H,2-4,9-11,14-16H2,1H3,(H,28,29)/t19-,20?/m0/s1. The van der Waals surface area contributed by atoms with Gasteiger partial charge in [-0.1, -0.05) is 31.2 Å². The number of thiophene rings is 1. The summed E-state index contributed by atoms with van der Waals surface area (Å²) in [6, 6.07) is 12.1. The van der Waals surface area contributed by atoms with E-state index >= 15 is 0 Å². The molecule has 1 amide bonds. The molecular weight excluding hydrogens is 398 g/mol. The zero-order valence-electron chi connectivity index (χ0n) is 17.5. The third-order valence-corrected chi connectivity index (χ3v) is 7.02. The van der Waals surface area contributed by atoms with Crippen LogP contribution in [0.25, 0.3) is 0 Å². The summed E-state index contributed by atoms with van der Waals surface area (Å²) in [4.78, 5) is 26.7. The van der Waals surface area contributed by atoms with Crippen molar-refractivity contribution in [2.45, 2.75) is 70.4 Å². The minimum atomic E-state index is -0.888. The SMILES string of the molecule is CCc1ccc(CC(O)CC[C@H]2CCC(=O)N2CCCc2ccc(C(=O)O)s2)cc1. The van der Waals surface area contributed by atoms with Crippen LogP contribution in [0.5, 0.6) is 0 Å². The lowest BCUT2D eigenvalue weighted by molar-refractivity contribution is -0.129. The molecule has 0 saturated carbocycles. The summed E-state index contributed by atoms with van der Waals surface area (Å²) < 4.78 is 0. The number of carboxylic acids is 1. The molecule has 1 aromatic carbocycles. The van der Waals surface area contributed by atoms with Crippen LogP contribution in [-0.2, 0) is 24.1 Å². The van der Waals surface area contributed by atoms with Crippen LogP contribution in [0.15, 0.2) is 36.4 Å². The topological polar surface area (TPSA) is 77.8 Å². The van der Waals surface area contributed by atoms with Crippen LogP contribution in [0, 0.1) is 0 Å². The lowest BCUT2D eigenvalue weighted by Crippen LogP contribution is -2.34. The first kappa shape index (κ1) is 22.5. The van der Waals surface area contributed by atoms with Crippen molar-refractivity contribution in [3.8, 4) is 0 Å². The Balaban J connectivity index is 1.43. The van der Waals surface area contributed by atoms with E-state index in [1.165, 1.54) is 16.9 Å². The van der Waals surface area contributed by atoms with Gasteiger partial charge in [-0.2, -0.15) is 0 Å². The van der Waals surface area contributed by atoms with E-state index in [0.717, 1.165) is 42.5 Å². The molecule has 2 N–H and O–H groups in total. The Bertz CT molecular complexity index is 845. The Hall–Kier alpha value is -2.18. The Morgan fingerprint density at radius 3 is 2.60 bits per heavy atom. The van der Waals surface area contributed by atoms with Gasteiger partial charge in [0.25, 0.3) is 0 Å². The minimum absolute atomic E-state index is 0.196. The van der Waals surface area contributed by atoms with E-state index in [1.807, 2.05) is 11.0 Å². The largest absolute Gasteiger partial charge is 0.477 e. The summed E-state index contributed by atoms with van der Waals surface area (Å²) in [5, 5.41) is 19.5. The molecule has 1 saturated heterocycles. The van der Waals surface area contributed by atoms with Crippen LogP contribution >= 0.6 is 11.3 Å². The second kappa shape index (κ2) is 10.7. The molecule has 0 bridgehead atoms. The maximum atomic E-state index is 12.3. The number of amides is 1. The third-order valence-electron chi connectivity index (χ3n) is 5.88. The van der Waals surface area contributed by atoms with Crippen LogP contribution in [0.3, 0.4) is 0 Å². The molecule has 1 aliphatic heterocycles. The number of carbonyl (C=O) groups is 2. The number of likely N-dealkylation sites (tertiary alicyclic amines) is 1. The average molecular weight is 430 g/mol. The summed E-state index contributed by atoms with van der Waals surface area (Å²) >= 11 is 1.31. The average Bonchev–Trinajstić information content (AvgIpc) is 3.34. The lowest BCUT2D eigenvalue weighted by Gasteiger charge is -2.25. The molecule has 1 aromatic heterocycles. The van der Waals surface area contributed by atoms with E-state index in [1.54, 1.807) is 6.07 Å². The molecule has 5 nitrogen and oxygen atoms in total. The Labute approximate surface area is 182 Å². The fourth-order valence-electron chi connectivity index (χ4n) is 4.12. The molecule has 1 aliphatic rings. The summed E-state index contributed by atoms with van der Waals surface area (Å²) in [5.74, 6) is -0.692. The van der Waals surface area contributed by atoms with Gasteiger partial charge >= 0.3 is 5.97 Å².